The van der Waals surface area contributed by atoms with Crippen molar-refractivity contribution in [2.75, 3.05) is 11.9 Å². The fourth-order valence-electron chi connectivity index (χ4n) is 2.67. The average Bonchev–Trinajstić information content (AvgIpc) is 3.22. The zero-order chi connectivity index (χ0) is 21.2. The molecule has 0 fully saturated rings. The molecule has 0 radical (unpaired) electrons. The van der Waals surface area contributed by atoms with Crippen molar-refractivity contribution in [2.24, 2.45) is 5.73 Å². The molecule has 158 valence electrons. The summed E-state index contributed by atoms with van der Waals surface area (Å²) in [6, 6.07) is 2.96. The van der Waals surface area contributed by atoms with E-state index in [1.165, 1.54) is 11.3 Å². The van der Waals surface area contributed by atoms with Crippen molar-refractivity contribution in [1.82, 2.24) is 14.6 Å². The second-order valence-electron chi connectivity index (χ2n) is 6.05. The van der Waals surface area contributed by atoms with Crippen LogP contribution in [0.2, 0.25) is 10.4 Å². The van der Waals surface area contributed by atoms with E-state index < -0.39 is 24.8 Å². The highest BCUT2D eigenvalue weighted by Crippen LogP contribution is 2.31. The van der Waals surface area contributed by atoms with Crippen LogP contribution in [0.25, 0.3) is 5.52 Å². The first kappa shape index (κ1) is 22.0. The summed E-state index contributed by atoms with van der Waals surface area (Å²) >= 11 is 13.7. The fraction of sp³-hybridized carbons (Fsp3) is 0.375. The topological polar surface area (TPSA) is 77.5 Å². The first-order chi connectivity index (χ1) is 13.7. The third kappa shape index (κ3) is 5.48. The molecular formula is C16H15Cl2F4N5OS. The van der Waals surface area contributed by atoms with Crippen LogP contribution < -0.4 is 11.1 Å². The van der Waals surface area contributed by atoms with Gasteiger partial charge in [-0.3, -0.25) is 4.74 Å². The molecule has 0 unspecified atom stereocenters. The van der Waals surface area contributed by atoms with Gasteiger partial charge in [0, 0.05) is 16.5 Å². The van der Waals surface area contributed by atoms with Gasteiger partial charge in [-0.25, -0.2) is 8.91 Å². The van der Waals surface area contributed by atoms with Gasteiger partial charge in [-0.15, -0.1) is 29.6 Å². The first-order valence-corrected chi connectivity index (χ1v) is 9.94. The number of nitrogens with two attached hydrogens (primary N) is 1. The molecule has 13 heteroatoms. The summed E-state index contributed by atoms with van der Waals surface area (Å²) < 4.78 is 56.1. The van der Waals surface area contributed by atoms with Gasteiger partial charge in [-0.2, -0.15) is 4.98 Å². The Bertz CT molecular complexity index is 980. The van der Waals surface area contributed by atoms with Gasteiger partial charge in [-0.05, 0) is 35.9 Å². The number of rotatable bonds is 8. The molecule has 0 bridgehead atoms. The van der Waals surface area contributed by atoms with Crippen molar-refractivity contribution < 1.29 is 22.3 Å². The summed E-state index contributed by atoms with van der Waals surface area (Å²) in [5.41, 5.74) is 5.82. The first-order valence-electron chi connectivity index (χ1n) is 8.30. The normalized spacial score (nSPS) is 13.2. The quantitative estimate of drug-likeness (QED) is 0.467. The Balaban J connectivity index is 1.82. The number of halogens is 6. The number of thiophene rings is 1. The molecular weight excluding hydrogens is 457 g/mol. The molecule has 3 aromatic heterocycles. The molecule has 1 atom stereocenters. The minimum absolute atomic E-state index is 0.0157. The van der Waals surface area contributed by atoms with Crippen molar-refractivity contribution in [3.05, 3.63) is 44.2 Å². The van der Waals surface area contributed by atoms with E-state index in [9.17, 15) is 13.2 Å². The zero-order valence-electron chi connectivity index (χ0n) is 14.6. The van der Waals surface area contributed by atoms with E-state index in [4.69, 9.17) is 28.9 Å². The van der Waals surface area contributed by atoms with Gasteiger partial charge in [0.1, 0.15) is 10.7 Å². The number of fused-ring (bicyclic) bond motifs is 1. The van der Waals surface area contributed by atoms with Gasteiger partial charge in [-0.1, -0.05) is 17.7 Å². The highest BCUT2D eigenvalue weighted by atomic mass is 35.5. The monoisotopic (exact) mass is 471 g/mol. The Morgan fingerprint density at radius 1 is 1.34 bits per heavy atom. The molecule has 0 aliphatic heterocycles. The molecule has 29 heavy (non-hydrogen) atoms. The van der Waals surface area contributed by atoms with Crippen molar-refractivity contribution in [3.8, 4) is 0 Å². The molecule has 0 aliphatic carbocycles. The van der Waals surface area contributed by atoms with Crippen LogP contribution in [0.3, 0.4) is 0 Å². The lowest BCUT2D eigenvalue weighted by atomic mass is 10.1. The smallest absolute Gasteiger partial charge is 0.363 e. The molecule has 0 saturated carbocycles. The number of nitrogens with one attached hydrogen (secondary N) is 1. The van der Waals surface area contributed by atoms with Crippen LogP contribution in [0.5, 0.6) is 0 Å². The average molecular weight is 472 g/mol. The highest BCUT2D eigenvalue weighted by molar-refractivity contribution is 7.09. The fourth-order valence-corrected chi connectivity index (χ4v) is 3.76. The summed E-state index contributed by atoms with van der Waals surface area (Å²) in [5.74, 6) is -0.578. The van der Waals surface area contributed by atoms with Gasteiger partial charge in [0.15, 0.2) is 11.6 Å². The molecule has 0 aromatic carbocycles. The van der Waals surface area contributed by atoms with Gasteiger partial charge >= 0.3 is 6.36 Å². The van der Waals surface area contributed by atoms with E-state index in [-0.39, 0.29) is 40.2 Å². The molecule has 6 nitrogen and oxygen atoms in total. The lowest BCUT2D eigenvalue weighted by Gasteiger charge is -2.12. The lowest BCUT2D eigenvalue weighted by Crippen LogP contribution is -2.27. The Hall–Kier alpha value is -1.66. The minimum Gasteiger partial charge on any atom is -0.363 e. The molecule has 0 amide bonds. The summed E-state index contributed by atoms with van der Waals surface area (Å²) in [6.45, 7) is -0.261. The summed E-state index contributed by atoms with van der Waals surface area (Å²) in [5, 5.41) is 8.58. The van der Waals surface area contributed by atoms with Crippen LogP contribution >= 0.6 is 34.5 Å². The van der Waals surface area contributed by atoms with Crippen LogP contribution in [0.15, 0.2) is 17.5 Å². The maximum atomic E-state index is 15.1. The molecule has 3 rings (SSSR count). The Morgan fingerprint density at radius 2 is 2.10 bits per heavy atom. The lowest BCUT2D eigenvalue weighted by molar-refractivity contribution is -0.324. The van der Waals surface area contributed by atoms with Gasteiger partial charge in [0.05, 0.1) is 13.2 Å². The number of ether oxygens (including phenoxy) is 1. The Morgan fingerprint density at radius 3 is 2.76 bits per heavy atom. The molecule has 0 spiro atoms. The van der Waals surface area contributed by atoms with Crippen molar-refractivity contribution in [2.45, 2.75) is 31.8 Å². The largest absolute Gasteiger partial charge is 0.522 e. The summed E-state index contributed by atoms with van der Waals surface area (Å²) in [6.07, 6.45) is -5.00. The number of aromatic nitrogens is 3. The van der Waals surface area contributed by atoms with E-state index in [1.54, 1.807) is 0 Å². The van der Waals surface area contributed by atoms with Gasteiger partial charge in [0.2, 0.25) is 5.28 Å². The van der Waals surface area contributed by atoms with E-state index in [0.29, 0.717) is 6.54 Å². The maximum Gasteiger partial charge on any atom is 0.522 e. The van der Waals surface area contributed by atoms with E-state index >= 15 is 4.39 Å². The van der Waals surface area contributed by atoms with Crippen LogP contribution in [0.1, 0.15) is 16.9 Å². The van der Waals surface area contributed by atoms with E-state index in [2.05, 4.69) is 20.1 Å². The molecule has 3 heterocycles. The number of hydrogen-bond donors (Lipinski definition) is 2. The Labute approximate surface area is 176 Å². The number of anilines is 1. The molecule has 3 aromatic rings. The summed E-state index contributed by atoms with van der Waals surface area (Å²) in [4.78, 5) is 5.01. The molecule has 3 N–H and O–H groups in total. The second-order valence-corrected chi connectivity index (χ2v) is 7.78. The third-order valence-corrected chi connectivity index (χ3v) is 5.39. The van der Waals surface area contributed by atoms with Crippen molar-refractivity contribution >= 4 is 45.9 Å². The van der Waals surface area contributed by atoms with Crippen LogP contribution in [0, 0.1) is 5.82 Å². The van der Waals surface area contributed by atoms with Gasteiger partial charge in [0.25, 0.3) is 0 Å². The van der Waals surface area contributed by atoms with Crippen molar-refractivity contribution in [1.29, 1.82) is 0 Å². The van der Waals surface area contributed by atoms with Crippen molar-refractivity contribution in [3.63, 3.8) is 0 Å². The minimum atomic E-state index is -4.75. The van der Waals surface area contributed by atoms with Gasteiger partial charge < -0.3 is 11.1 Å². The van der Waals surface area contributed by atoms with Crippen LogP contribution in [0.4, 0.5) is 23.4 Å². The predicted molar refractivity (Wildman–Crippen MR) is 103 cm³/mol. The number of alkyl halides is 3. The SMILES string of the molecule is N[C@@H](CCOC(F)(F)F)Cc1c(F)c2c(NCc3cccs3)nc(Cl)nn2c1Cl. The number of hydrogen-bond acceptors (Lipinski definition) is 6. The Kier molecular flexibility index (Phi) is 6.84. The molecule has 0 saturated heterocycles. The number of nitrogens with zero attached hydrogens (tertiary/aromatic N) is 3. The third-order valence-electron chi connectivity index (χ3n) is 3.96. The zero-order valence-corrected chi connectivity index (χ0v) is 17.0. The standard InChI is InChI=1S/C16H15Cl2F4N5OS/c17-13-10(6-8(23)3-4-28-16(20,21)22)11(19)12-14(25-15(18)26-27(12)13)24-7-9-2-1-5-29-9/h1-2,5,8H,3-4,6-7,23H2,(H,24,25,26)/t8-/m0/s1. The molecule has 0 aliphatic rings. The van der Waals surface area contributed by atoms with Crippen LogP contribution in [-0.4, -0.2) is 33.6 Å². The van der Waals surface area contributed by atoms with E-state index in [1.807, 2.05) is 17.5 Å². The summed E-state index contributed by atoms with van der Waals surface area (Å²) in [7, 11) is 0. The van der Waals surface area contributed by atoms with E-state index in [0.717, 1.165) is 9.39 Å². The van der Waals surface area contributed by atoms with Crippen LogP contribution in [-0.2, 0) is 17.7 Å². The second kappa shape index (κ2) is 9.00. The maximum absolute atomic E-state index is 15.1. The highest BCUT2D eigenvalue weighted by Gasteiger charge is 2.29. The predicted octanol–water partition coefficient (Wildman–Crippen LogP) is 4.65.